The van der Waals surface area contributed by atoms with Crippen molar-refractivity contribution >= 4 is 16.1 Å². The minimum Gasteiger partial charge on any atom is -0.460 e. The third kappa shape index (κ3) is 4.72. The predicted molar refractivity (Wildman–Crippen MR) is 146 cm³/mol. The van der Waals surface area contributed by atoms with Crippen LogP contribution >= 0.6 is 0 Å². The second-order valence-electron chi connectivity index (χ2n) is 12.6. The fourth-order valence-corrected chi connectivity index (χ4v) is 9.65. The topological polar surface area (TPSA) is 107 Å². The highest BCUT2D eigenvalue weighted by molar-refractivity contribution is 7.86. The highest BCUT2D eigenvalue weighted by Crippen LogP contribution is 2.73. The molecule has 0 aromatic heterocycles. The monoisotopic (exact) mass is 580 g/mol. The summed E-state index contributed by atoms with van der Waals surface area (Å²) in [4.78, 5) is 13.4. The van der Waals surface area contributed by atoms with Crippen LogP contribution in [0.2, 0.25) is 0 Å². The van der Waals surface area contributed by atoms with Gasteiger partial charge in [0.1, 0.15) is 12.9 Å². The number of ether oxygens (including phenoxy) is 5. The van der Waals surface area contributed by atoms with Gasteiger partial charge in [-0.3, -0.25) is 4.18 Å². The summed E-state index contributed by atoms with van der Waals surface area (Å²) in [6.07, 6.45) is 2.89. The standard InChI is InChI=1S/C30H44O9S/c1-19-7-9-23(10-8-19)40(32,33)38-17-24(31)39-26-21(3)25(35-18-34-6)22(4)29-12-11-20(2)28(26,5)27(29)30(14-13-29)36-15-16-37-30/h7-10,20-22,25-27H,11-18H2,1-6H3/t20-,21+,22+,25-,26+,27+,28+,29+/m1/s1. The summed E-state index contributed by atoms with van der Waals surface area (Å²) < 4.78 is 61.6. The molecule has 0 unspecified atom stereocenters. The molecule has 2 bridgehead atoms. The second-order valence-corrected chi connectivity index (χ2v) is 14.2. The van der Waals surface area contributed by atoms with Gasteiger partial charge in [-0.1, -0.05) is 45.4 Å². The summed E-state index contributed by atoms with van der Waals surface area (Å²) in [7, 11) is -2.52. The van der Waals surface area contributed by atoms with Crippen molar-refractivity contribution in [2.24, 2.45) is 34.5 Å². The summed E-state index contributed by atoms with van der Waals surface area (Å²) >= 11 is 0. The number of hydrogen-bond donors (Lipinski definition) is 0. The zero-order valence-corrected chi connectivity index (χ0v) is 25.3. The van der Waals surface area contributed by atoms with Crippen LogP contribution < -0.4 is 0 Å². The van der Waals surface area contributed by atoms with Gasteiger partial charge in [0.25, 0.3) is 10.1 Å². The van der Waals surface area contributed by atoms with E-state index in [-0.39, 0.29) is 46.9 Å². The molecular weight excluding hydrogens is 536 g/mol. The molecule has 1 saturated heterocycles. The van der Waals surface area contributed by atoms with Gasteiger partial charge in [-0.05, 0) is 55.6 Å². The lowest BCUT2D eigenvalue weighted by Crippen LogP contribution is -2.61. The van der Waals surface area contributed by atoms with E-state index in [1.807, 2.05) is 6.92 Å². The number of esters is 1. The molecule has 5 rings (SSSR count). The summed E-state index contributed by atoms with van der Waals surface area (Å²) in [5.41, 5.74) is 0.291. The van der Waals surface area contributed by atoms with Crippen molar-refractivity contribution in [3.63, 3.8) is 0 Å². The maximum absolute atomic E-state index is 13.4. The molecule has 40 heavy (non-hydrogen) atoms. The molecule has 1 aromatic carbocycles. The zero-order valence-electron chi connectivity index (χ0n) is 24.5. The van der Waals surface area contributed by atoms with Crippen molar-refractivity contribution in [2.75, 3.05) is 33.7 Å². The first-order valence-electron chi connectivity index (χ1n) is 14.5. The van der Waals surface area contributed by atoms with Crippen LogP contribution in [0.5, 0.6) is 0 Å². The molecule has 4 fully saturated rings. The van der Waals surface area contributed by atoms with Gasteiger partial charge < -0.3 is 23.7 Å². The van der Waals surface area contributed by atoms with Crippen molar-refractivity contribution in [1.29, 1.82) is 0 Å². The molecule has 8 atom stereocenters. The van der Waals surface area contributed by atoms with Gasteiger partial charge in [0.15, 0.2) is 12.4 Å². The molecule has 3 saturated carbocycles. The highest BCUT2D eigenvalue weighted by Gasteiger charge is 2.75. The number of benzene rings is 1. The second kappa shape index (κ2) is 10.9. The molecule has 1 aromatic rings. The van der Waals surface area contributed by atoms with E-state index in [9.17, 15) is 13.2 Å². The van der Waals surface area contributed by atoms with Gasteiger partial charge in [0.05, 0.1) is 24.2 Å². The van der Waals surface area contributed by atoms with E-state index < -0.39 is 40.0 Å². The minimum absolute atomic E-state index is 0.00309. The average molecular weight is 581 g/mol. The van der Waals surface area contributed by atoms with Crippen LogP contribution in [0.1, 0.15) is 58.9 Å². The Balaban J connectivity index is 1.48. The Hall–Kier alpha value is -1.56. The first kappa shape index (κ1) is 29.9. The molecule has 1 spiro atoms. The molecular formula is C30H44O9S. The van der Waals surface area contributed by atoms with Crippen molar-refractivity contribution in [3.05, 3.63) is 29.8 Å². The van der Waals surface area contributed by atoms with Crippen molar-refractivity contribution in [1.82, 2.24) is 0 Å². The predicted octanol–water partition coefficient (Wildman–Crippen LogP) is 4.46. The molecule has 9 nitrogen and oxygen atoms in total. The van der Waals surface area contributed by atoms with E-state index >= 15 is 0 Å². The number of carbonyl (C=O) groups is 1. The van der Waals surface area contributed by atoms with Gasteiger partial charge in [-0.2, -0.15) is 8.42 Å². The third-order valence-corrected chi connectivity index (χ3v) is 12.0. The average Bonchev–Trinajstić information content (AvgIpc) is 3.53. The molecule has 1 heterocycles. The highest BCUT2D eigenvalue weighted by atomic mass is 32.2. The van der Waals surface area contributed by atoms with Gasteiger partial charge in [-0.15, -0.1) is 0 Å². The quantitative estimate of drug-likeness (QED) is 0.250. The van der Waals surface area contributed by atoms with Crippen molar-refractivity contribution in [2.45, 2.75) is 83.2 Å². The molecule has 0 N–H and O–H groups in total. The van der Waals surface area contributed by atoms with E-state index in [1.54, 1.807) is 19.2 Å². The lowest BCUT2D eigenvalue weighted by atomic mass is 9.48. The van der Waals surface area contributed by atoms with Crippen LogP contribution in [0.4, 0.5) is 0 Å². The summed E-state index contributed by atoms with van der Waals surface area (Å²) in [6, 6.07) is 6.30. The number of aryl methyl sites for hydroxylation is 1. The van der Waals surface area contributed by atoms with Crippen LogP contribution in [0.15, 0.2) is 29.2 Å². The summed E-state index contributed by atoms with van der Waals surface area (Å²) in [5.74, 6) is -1.36. The Labute approximate surface area is 238 Å². The van der Waals surface area contributed by atoms with E-state index in [4.69, 9.17) is 27.9 Å². The smallest absolute Gasteiger partial charge is 0.333 e. The normalized spacial score (nSPS) is 38.6. The Bertz CT molecular complexity index is 1180. The first-order valence-corrected chi connectivity index (χ1v) is 15.9. The Morgan fingerprint density at radius 1 is 1.05 bits per heavy atom. The van der Waals surface area contributed by atoms with Gasteiger partial charge in [0, 0.05) is 30.8 Å². The minimum atomic E-state index is -4.12. The SMILES string of the molecule is COCO[C@@H]1[C@H](C)[C@H](OC(=O)COS(=O)(=O)c2ccc(C)cc2)[C@]2(C)[C@H](C)CC[C@]3(CCC4(OCCO4)[C@H]32)[C@H]1C. The van der Waals surface area contributed by atoms with Crippen molar-refractivity contribution < 1.29 is 41.1 Å². The van der Waals surface area contributed by atoms with Gasteiger partial charge >= 0.3 is 5.97 Å². The first-order chi connectivity index (χ1) is 18.9. The lowest BCUT2D eigenvalue weighted by molar-refractivity contribution is -0.264. The molecule has 224 valence electrons. The Kier molecular flexibility index (Phi) is 8.18. The van der Waals surface area contributed by atoms with Crippen molar-refractivity contribution in [3.8, 4) is 0 Å². The van der Waals surface area contributed by atoms with Gasteiger partial charge in [0.2, 0.25) is 0 Å². The molecule has 10 heteroatoms. The molecule has 0 radical (unpaired) electrons. The maximum atomic E-state index is 13.4. The maximum Gasteiger partial charge on any atom is 0.333 e. The van der Waals surface area contributed by atoms with Crippen LogP contribution in [-0.4, -0.2) is 66.1 Å². The van der Waals surface area contributed by atoms with Crippen LogP contribution in [0.3, 0.4) is 0 Å². The fraction of sp³-hybridized carbons (Fsp3) is 0.767. The van der Waals surface area contributed by atoms with E-state index in [1.165, 1.54) is 12.1 Å². The Morgan fingerprint density at radius 2 is 1.73 bits per heavy atom. The number of carbonyl (C=O) groups excluding carboxylic acids is 1. The summed E-state index contributed by atoms with van der Waals surface area (Å²) in [5, 5.41) is 0. The molecule has 0 amide bonds. The zero-order chi connectivity index (χ0) is 28.9. The van der Waals surface area contributed by atoms with E-state index in [0.717, 1.165) is 31.2 Å². The van der Waals surface area contributed by atoms with Gasteiger partial charge in [-0.25, -0.2) is 4.79 Å². The third-order valence-electron chi connectivity index (χ3n) is 10.7. The van der Waals surface area contributed by atoms with E-state index in [0.29, 0.717) is 13.2 Å². The van der Waals surface area contributed by atoms with E-state index in [2.05, 4.69) is 27.7 Å². The lowest BCUT2D eigenvalue weighted by Gasteiger charge is -2.58. The van der Waals surface area contributed by atoms with Crippen LogP contribution in [0, 0.1) is 41.4 Å². The molecule has 3 aliphatic carbocycles. The van der Waals surface area contributed by atoms with Crippen LogP contribution in [0.25, 0.3) is 0 Å². The molecule has 4 aliphatic rings. The molecule has 1 aliphatic heterocycles. The Morgan fingerprint density at radius 3 is 2.38 bits per heavy atom. The number of rotatable bonds is 8. The number of hydrogen-bond acceptors (Lipinski definition) is 9. The fourth-order valence-electron chi connectivity index (χ4n) is 8.79. The number of methoxy groups -OCH3 is 1. The largest absolute Gasteiger partial charge is 0.460 e. The summed E-state index contributed by atoms with van der Waals surface area (Å²) in [6.45, 7) is 11.1. The van der Waals surface area contributed by atoms with Crippen LogP contribution in [-0.2, 0) is 42.8 Å².